The van der Waals surface area contributed by atoms with E-state index in [4.69, 9.17) is 0 Å². The molecule has 1 fully saturated rings. The molecule has 0 spiro atoms. The van der Waals surface area contributed by atoms with Crippen LogP contribution in [-0.4, -0.2) is 36.6 Å². The molecule has 2 aromatic rings. The molecule has 1 N–H and O–H groups in total. The summed E-state index contributed by atoms with van der Waals surface area (Å²) in [7, 11) is -3.74. The molecule has 2 aromatic carbocycles. The largest absolute Gasteiger partial charge is 0.349 e. The molecule has 8 nitrogen and oxygen atoms in total. The Hall–Kier alpha value is -2.85. The Morgan fingerprint density at radius 3 is 2.43 bits per heavy atom. The molecular weight excluding hydrogens is 413 g/mol. The van der Waals surface area contributed by atoms with Gasteiger partial charge >= 0.3 is 0 Å². The fourth-order valence-corrected chi connectivity index (χ4v) is 4.91. The van der Waals surface area contributed by atoms with Gasteiger partial charge < -0.3 is 5.32 Å². The van der Waals surface area contributed by atoms with Crippen LogP contribution < -0.4 is 5.32 Å². The number of nitrogens with one attached hydrogen (secondary N) is 1. The van der Waals surface area contributed by atoms with E-state index in [-0.39, 0.29) is 35.5 Å². The molecule has 10 heteroatoms. The molecule has 1 unspecified atom stereocenters. The SMILES string of the molecule is CC(NC(=O)C1CCN(S(=O)(=O)c2ccc(F)cc2)CC1)c1cccc([N+](=O)[O-])c1. The van der Waals surface area contributed by atoms with Crippen LogP contribution in [0.1, 0.15) is 31.4 Å². The fourth-order valence-electron chi connectivity index (χ4n) is 3.44. The quantitative estimate of drug-likeness (QED) is 0.554. The minimum absolute atomic E-state index is 0.0195. The lowest BCUT2D eigenvalue weighted by Gasteiger charge is -2.31. The maximum Gasteiger partial charge on any atom is 0.269 e. The number of benzene rings is 2. The van der Waals surface area contributed by atoms with Crippen molar-refractivity contribution < 1.29 is 22.5 Å². The molecule has 1 aliphatic heterocycles. The molecule has 30 heavy (non-hydrogen) atoms. The second-order valence-corrected chi connectivity index (χ2v) is 9.15. The number of hydrogen-bond acceptors (Lipinski definition) is 5. The van der Waals surface area contributed by atoms with Crippen LogP contribution in [0.15, 0.2) is 53.4 Å². The van der Waals surface area contributed by atoms with E-state index in [1.54, 1.807) is 19.1 Å². The molecule has 1 heterocycles. The van der Waals surface area contributed by atoms with Crippen LogP contribution in [-0.2, 0) is 14.8 Å². The van der Waals surface area contributed by atoms with E-state index < -0.39 is 26.8 Å². The van der Waals surface area contributed by atoms with Gasteiger partial charge in [-0.05, 0) is 49.6 Å². The average molecular weight is 435 g/mol. The predicted molar refractivity (Wildman–Crippen MR) is 108 cm³/mol. The minimum Gasteiger partial charge on any atom is -0.349 e. The molecule has 0 radical (unpaired) electrons. The van der Waals surface area contributed by atoms with Crippen LogP contribution in [0.2, 0.25) is 0 Å². The van der Waals surface area contributed by atoms with Gasteiger partial charge in [-0.15, -0.1) is 0 Å². The van der Waals surface area contributed by atoms with Crippen molar-refractivity contribution in [2.24, 2.45) is 5.92 Å². The van der Waals surface area contributed by atoms with Gasteiger partial charge in [-0.2, -0.15) is 4.31 Å². The number of nitro groups is 1. The standard InChI is InChI=1S/C20H22FN3O5S/c1-14(16-3-2-4-18(13-16)24(26)27)22-20(25)15-9-11-23(12-10-15)30(28,29)19-7-5-17(21)6-8-19/h2-8,13-15H,9-12H2,1H3,(H,22,25). The molecule has 0 bridgehead atoms. The first-order valence-electron chi connectivity index (χ1n) is 9.49. The number of nitro benzene ring substituents is 1. The Labute approximate surface area is 173 Å². The first kappa shape index (κ1) is 21.8. The van der Waals surface area contributed by atoms with Crippen molar-refractivity contribution in [3.05, 3.63) is 70.0 Å². The molecule has 1 saturated heterocycles. The van der Waals surface area contributed by atoms with Gasteiger partial charge in [0, 0.05) is 31.1 Å². The Morgan fingerprint density at radius 2 is 1.83 bits per heavy atom. The summed E-state index contributed by atoms with van der Waals surface area (Å²) in [6.07, 6.45) is 0.710. The van der Waals surface area contributed by atoms with Crippen molar-refractivity contribution in [3.63, 3.8) is 0 Å². The summed E-state index contributed by atoms with van der Waals surface area (Å²) in [5, 5.41) is 13.8. The van der Waals surface area contributed by atoms with Gasteiger partial charge in [-0.1, -0.05) is 12.1 Å². The second kappa shape index (κ2) is 8.88. The molecule has 1 aliphatic rings. The Bertz CT molecular complexity index is 1030. The number of rotatable bonds is 6. The first-order valence-corrected chi connectivity index (χ1v) is 10.9. The van der Waals surface area contributed by atoms with Crippen LogP contribution in [0.3, 0.4) is 0 Å². The zero-order chi connectivity index (χ0) is 21.9. The number of piperidine rings is 1. The fraction of sp³-hybridized carbons (Fsp3) is 0.350. The van der Waals surface area contributed by atoms with Crippen LogP contribution in [0.25, 0.3) is 0 Å². The van der Waals surface area contributed by atoms with Crippen LogP contribution in [0, 0.1) is 21.8 Å². The van der Waals surface area contributed by atoms with Gasteiger partial charge in [-0.3, -0.25) is 14.9 Å². The highest BCUT2D eigenvalue weighted by Crippen LogP contribution is 2.25. The summed E-state index contributed by atoms with van der Waals surface area (Å²) in [6, 6.07) is 10.3. The number of amides is 1. The average Bonchev–Trinajstić information content (AvgIpc) is 2.74. The van der Waals surface area contributed by atoms with Crippen LogP contribution in [0.5, 0.6) is 0 Å². The Morgan fingerprint density at radius 1 is 1.20 bits per heavy atom. The van der Waals surface area contributed by atoms with E-state index >= 15 is 0 Å². The molecular formula is C20H22FN3O5S. The number of non-ortho nitro benzene ring substituents is 1. The van der Waals surface area contributed by atoms with Crippen LogP contribution in [0.4, 0.5) is 10.1 Å². The molecule has 1 amide bonds. The smallest absolute Gasteiger partial charge is 0.269 e. The number of halogens is 1. The van der Waals surface area contributed by atoms with E-state index in [9.17, 15) is 27.7 Å². The Balaban J connectivity index is 1.59. The van der Waals surface area contributed by atoms with Gasteiger partial charge in [0.1, 0.15) is 5.82 Å². The third-order valence-corrected chi connectivity index (χ3v) is 7.13. The van der Waals surface area contributed by atoms with Crippen LogP contribution >= 0.6 is 0 Å². The van der Waals surface area contributed by atoms with Crippen molar-refractivity contribution in [3.8, 4) is 0 Å². The third-order valence-electron chi connectivity index (χ3n) is 5.22. The lowest BCUT2D eigenvalue weighted by molar-refractivity contribution is -0.384. The monoisotopic (exact) mass is 435 g/mol. The topological polar surface area (TPSA) is 110 Å². The lowest BCUT2D eigenvalue weighted by atomic mass is 9.96. The molecule has 1 atom stereocenters. The maximum absolute atomic E-state index is 13.1. The van der Waals surface area contributed by atoms with E-state index in [2.05, 4.69) is 5.32 Å². The van der Waals surface area contributed by atoms with Crippen molar-refractivity contribution in [2.75, 3.05) is 13.1 Å². The van der Waals surface area contributed by atoms with E-state index in [1.807, 2.05) is 0 Å². The summed E-state index contributed by atoms with van der Waals surface area (Å²) in [5.74, 6) is -1.08. The van der Waals surface area contributed by atoms with E-state index in [0.29, 0.717) is 18.4 Å². The maximum atomic E-state index is 13.1. The van der Waals surface area contributed by atoms with Gasteiger partial charge in [0.05, 0.1) is 15.9 Å². The van der Waals surface area contributed by atoms with E-state index in [1.165, 1.54) is 28.6 Å². The number of sulfonamides is 1. The molecule has 0 saturated carbocycles. The molecule has 160 valence electrons. The first-order chi connectivity index (χ1) is 14.2. The number of carbonyl (C=O) groups excluding carboxylic acids is 1. The normalized spacial score (nSPS) is 16.7. The number of carbonyl (C=O) groups is 1. The molecule has 0 aliphatic carbocycles. The van der Waals surface area contributed by atoms with Gasteiger partial charge in [0.2, 0.25) is 15.9 Å². The zero-order valence-electron chi connectivity index (χ0n) is 16.3. The van der Waals surface area contributed by atoms with Crippen molar-refractivity contribution >= 4 is 21.6 Å². The second-order valence-electron chi connectivity index (χ2n) is 7.21. The highest BCUT2D eigenvalue weighted by atomic mass is 32.2. The number of nitrogens with zero attached hydrogens (tertiary/aromatic N) is 2. The Kier molecular flexibility index (Phi) is 6.47. The van der Waals surface area contributed by atoms with Gasteiger partial charge in [-0.25, -0.2) is 12.8 Å². The highest BCUT2D eigenvalue weighted by Gasteiger charge is 2.32. The molecule has 3 rings (SSSR count). The summed E-state index contributed by atoms with van der Waals surface area (Å²) in [4.78, 5) is 23.1. The van der Waals surface area contributed by atoms with Gasteiger partial charge in [0.15, 0.2) is 0 Å². The van der Waals surface area contributed by atoms with E-state index in [0.717, 1.165) is 12.1 Å². The summed E-state index contributed by atoms with van der Waals surface area (Å²) >= 11 is 0. The zero-order valence-corrected chi connectivity index (χ0v) is 17.1. The summed E-state index contributed by atoms with van der Waals surface area (Å²) < 4.78 is 39.7. The summed E-state index contributed by atoms with van der Waals surface area (Å²) in [6.45, 7) is 2.11. The van der Waals surface area contributed by atoms with Gasteiger partial charge in [0.25, 0.3) is 5.69 Å². The lowest BCUT2D eigenvalue weighted by Crippen LogP contribution is -2.43. The predicted octanol–water partition coefficient (Wildman–Crippen LogP) is 3.01. The van der Waals surface area contributed by atoms with Crippen molar-refractivity contribution in [2.45, 2.75) is 30.7 Å². The molecule has 0 aromatic heterocycles. The highest BCUT2D eigenvalue weighted by molar-refractivity contribution is 7.89. The van der Waals surface area contributed by atoms with Crippen molar-refractivity contribution in [1.82, 2.24) is 9.62 Å². The summed E-state index contributed by atoms with van der Waals surface area (Å²) in [5.41, 5.74) is 0.571. The third kappa shape index (κ3) is 4.82. The number of hydrogen-bond donors (Lipinski definition) is 1. The van der Waals surface area contributed by atoms with Crippen molar-refractivity contribution in [1.29, 1.82) is 0 Å². The minimum atomic E-state index is -3.74.